The van der Waals surface area contributed by atoms with Crippen LogP contribution >= 0.6 is 11.6 Å². The van der Waals surface area contributed by atoms with E-state index in [-0.39, 0.29) is 0 Å². The maximum atomic E-state index is 12.2. The van der Waals surface area contributed by atoms with E-state index in [1.165, 1.54) is 6.07 Å². The van der Waals surface area contributed by atoms with Gasteiger partial charge in [-0.1, -0.05) is 11.6 Å². The van der Waals surface area contributed by atoms with Crippen molar-refractivity contribution in [1.29, 1.82) is 5.26 Å². The highest BCUT2D eigenvalue weighted by Gasteiger charge is 2.19. The monoisotopic (exact) mass is 204 g/mol. The van der Waals surface area contributed by atoms with Gasteiger partial charge in [0.1, 0.15) is 22.3 Å². The molecule has 0 aliphatic carbocycles. The summed E-state index contributed by atoms with van der Waals surface area (Å²) in [5, 5.41) is 17.0. The van der Waals surface area contributed by atoms with Gasteiger partial charge in [0.25, 0.3) is 6.43 Å². The molecule has 1 aromatic heterocycles. The number of halogens is 3. The van der Waals surface area contributed by atoms with Gasteiger partial charge < -0.3 is 5.11 Å². The number of aromatic hydroxyl groups is 1. The average molecular weight is 205 g/mol. The van der Waals surface area contributed by atoms with Crippen molar-refractivity contribution in [2.24, 2.45) is 0 Å². The van der Waals surface area contributed by atoms with Crippen LogP contribution in [0.3, 0.4) is 0 Å². The maximum absolute atomic E-state index is 12.2. The van der Waals surface area contributed by atoms with E-state index in [9.17, 15) is 8.78 Å². The predicted octanol–water partition coefficient (Wildman–Crippen LogP) is 2.25. The Morgan fingerprint density at radius 1 is 1.62 bits per heavy atom. The summed E-state index contributed by atoms with van der Waals surface area (Å²) in [6.45, 7) is 0. The van der Waals surface area contributed by atoms with Crippen molar-refractivity contribution in [3.05, 3.63) is 22.5 Å². The third kappa shape index (κ3) is 1.68. The van der Waals surface area contributed by atoms with Crippen molar-refractivity contribution >= 4 is 11.6 Å². The topological polar surface area (TPSA) is 56.9 Å². The molecule has 13 heavy (non-hydrogen) atoms. The van der Waals surface area contributed by atoms with Gasteiger partial charge in [-0.05, 0) is 0 Å². The lowest BCUT2D eigenvalue weighted by molar-refractivity contribution is 0.145. The maximum Gasteiger partial charge on any atom is 0.281 e. The van der Waals surface area contributed by atoms with Gasteiger partial charge in [-0.15, -0.1) is 0 Å². The van der Waals surface area contributed by atoms with Crippen molar-refractivity contribution in [3.63, 3.8) is 0 Å². The van der Waals surface area contributed by atoms with Gasteiger partial charge >= 0.3 is 0 Å². The summed E-state index contributed by atoms with van der Waals surface area (Å²) in [4.78, 5) is 3.20. The van der Waals surface area contributed by atoms with E-state index >= 15 is 0 Å². The van der Waals surface area contributed by atoms with Crippen molar-refractivity contribution < 1.29 is 13.9 Å². The third-order valence-electron chi connectivity index (χ3n) is 1.34. The van der Waals surface area contributed by atoms with E-state index in [0.717, 1.165) is 6.20 Å². The molecule has 3 nitrogen and oxygen atoms in total. The lowest BCUT2D eigenvalue weighted by Crippen LogP contribution is -1.95. The summed E-state index contributed by atoms with van der Waals surface area (Å²) in [7, 11) is 0. The van der Waals surface area contributed by atoms with Gasteiger partial charge in [-0.25, -0.2) is 13.8 Å². The van der Waals surface area contributed by atoms with Crippen molar-refractivity contribution in [2.75, 3.05) is 0 Å². The highest BCUT2D eigenvalue weighted by Crippen LogP contribution is 2.31. The van der Waals surface area contributed by atoms with E-state index in [4.69, 9.17) is 22.0 Å². The van der Waals surface area contributed by atoms with Crippen LogP contribution in [-0.2, 0) is 0 Å². The third-order valence-corrected chi connectivity index (χ3v) is 1.73. The molecule has 1 N–H and O–H groups in total. The molecule has 0 amide bonds. The van der Waals surface area contributed by atoms with Gasteiger partial charge in [0.05, 0.1) is 6.20 Å². The quantitative estimate of drug-likeness (QED) is 0.763. The Balaban J connectivity index is 3.41. The molecule has 1 aromatic rings. The number of hydrogen-bond acceptors (Lipinski definition) is 3. The first kappa shape index (κ1) is 9.68. The fraction of sp³-hybridized carbons (Fsp3) is 0.143. The lowest BCUT2D eigenvalue weighted by atomic mass is 10.2. The van der Waals surface area contributed by atoms with Crippen LogP contribution in [0.15, 0.2) is 6.20 Å². The molecule has 1 heterocycles. The number of rotatable bonds is 1. The zero-order valence-corrected chi connectivity index (χ0v) is 6.89. The highest BCUT2D eigenvalue weighted by molar-refractivity contribution is 6.33. The molecular weight excluding hydrogens is 202 g/mol. The molecule has 1 rings (SSSR count). The normalized spacial score (nSPS) is 10.1. The molecule has 68 valence electrons. The van der Waals surface area contributed by atoms with Crippen LogP contribution in [0, 0.1) is 11.3 Å². The molecule has 0 aliphatic heterocycles. The number of alkyl halides is 2. The van der Waals surface area contributed by atoms with Crippen LogP contribution in [0.1, 0.15) is 17.7 Å². The molecule has 0 atom stereocenters. The van der Waals surface area contributed by atoms with Crippen LogP contribution < -0.4 is 0 Å². The fourth-order valence-electron chi connectivity index (χ4n) is 0.764. The van der Waals surface area contributed by atoms with Crippen molar-refractivity contribution in [1.82, 2.24) is 4.98 Å². The van der Waals surface area contributed by atoms with E-state index in [1.807, 2.05) is 0 Å². The minimum Gasteiger partial charge on any atom is -0.505 e. The van der Waals surface area contributed by atoms with Gasteiger partial charge in [0.15, 0.2) is 5.75 Å². The first-order valence-electron chi connectivity index (χ1n) is 3.13. The van der Waals surface area contributed by atoms with Gasteiger partial charge in [-0.2, -0.15) is 5.26 Å². The summed E-state index contributed by atoms with van der Waals surface area (Å²) in [5.74, 6) is -0.484. The first-order valence-corrected chi connectivity index (χ1v) is 3.51. The Hall–Kier alpha value is -1.41. The molecule has 0 spiro atoms. The average Bonchev–Trinajstić information content (AvgIpc) is 2.09. The molecule has 0 saturated heterocycles. The van der Waals surface area contributed by atoms with E-state index in [2.05, 4.69) is 4.98 Å². The second kappa shape index (κ2) is 3.54. The SMILES string of the molecule is N#Cc1c(C(F)F)ncc(O)c1Cl. The first-order chi connectivity index (χ1) is 6.07. The van der Waals surface area contributed by atoms with Gasteiger partial charge in [0.2, 0.25) is 0 Å². The minimum absolute atomic E-state index is 0.396. The summed E-state index contributed by atoms with van der Waals surface area (Å²) >= 11 is 5.40. The number of pyridine rings is 1. The molecule has 0 fully saturated rings. The Kier molecular flexibility index (Phi) is 2.63. The fourth-order valence-corrected chi connectivity index (χ4v) is 0.952. The zero-order chi connectivity index (χ0) is 10.0. The van der Waals surface area contributed by atoms with Gasteiger partial charge in [-0.3, -0.25) is 0 Å². The Morgan fingerprint density at radius 3 is 2.69 bits per heavy atom. The highest BCUT2D eigenvalue weighted by atomic mass is 35.5. The van der Waals surface area contributed by atoms with Crippen molar-refractivity contribution in [2.45, 2.75) is 6.43 Å². The summed E-state index contributed by atoms with van der Waals surface area (Å²) in [6.07, 6.45) is -2.10. The van der Waals surface area contributed by atoms with Crippen LogP contribution in [-0.4, -0.2) is 10.1 Å². The second-order valence-corrected chi connectivity index (χ2v) is 2.51. The summed E-state index contributed by atoms with van der Waals surface area (Å²) in [6, 6.07) is 1.45. The second-order valence-electron chi connectivity index (χ2n) is 2.13. The summed E-state index contributed by atoms with van der Waals surface area (Å²) < 4.78 is 24.3. The largest absolute Gasteiger partial charge is 0.505 e. The van der Waals surface area contributed by atoms with Gasteiger partial charge in [0, 0.05) is 0 Å². The molecule has 0 aliphatic rings. The Morgan fingerprint density at radius 2 is 2.23 bits per heavy atom. The Bertz CT molecular complexity index is 375. The van der Waals surface area contributed by atoms with Crippen LogP contribution in [0.4, 0.5) is 8.78 Å². The number of nitrogens with zero attached hydrogens (tertiary/aromatic N) is 2. The summed E-state index contributed by atoms with van der Waals surface area (Å²) in [5.41, 5.74) is -1.21. The number of aromatic nitrogens is 1. The van der Waals surface area contributed by atoms with Crippen LogP contribution in [0.5, 0.6) is 5.75 Å². The van der Waals surface area contributed by atoms with E-state index in [1.54, 1.807) is 0 Å². The number of nitriles is 1. The minimum atomic E-state index is -2.88. The van der Waals surface area contributed by atoms with E-state index in [0.29, 0.717) is 0 Å². The predicted molar refractivity (Wildman–Crippen MR) is 40.6 cm³/mol. The molecule has 0 radical (unpaired) electrons. The lowest BCUT2D eigenvalue weighted by Gasteiger charge is -2.03. The molecule has 6 heteroatoms. The Labute approximate surface area is 77.2 Å². The zero-order valence-electron chi connectivity index (χ0n) is 6.13. The standard InChI is InChI=1S/C7H3ClF2N2O/c8-5-3(1-11)6(7(9)10)12-2-4(5)13/h2,7,13H. The van der Waals surface area contributed by atoms with E-state index < -0.39 is 28.5 Å². The van der Waals surface area contributed by atoms with Crippen LogP contribution in [0.25, 0.3) is 0 Å². The van der Waals surface area contributed by atoms with Crippen molar-refractivity contribution in [3.8, 4) is 11.8 Å². The molecular formula is C7H3ClF2N2O. The molecule has 0 saturated carbocycles. The smallest absolute Gasteiger partial charge is 0.281 e. The molecule has 0 unspecified atom stereocenters. The number of hydrogen-bond donors (Lipinski definition) is 1. The molecule has 0 aromatic carbocycles. The molecule has 0 bridgehead atoms. The van der Waals surface area contributed by atoms with Crippen LogP contribution in [0.2, 0.25) is 5.02 Å².